The van der Waals surface area contributed by atoms with Gasteiger partial charge in [-0.3, -0.25) is 58.0 Å². The molecule has 0 bridgehead atoms. The number of alkyl halides is 18. The van der Waals surface area contributed by atoms with Crippen LogP contribution < -0.4 is 0 Å². The molecule has 4 heterocycles. The summed E-state index contributed by atoms with van der Waals surface area (Å²) in [6.45, 7) is 0. The van der Waals surface area contributed by atoms with Crippen molar-refractivity contribution in [3.8, 4) is 0 Å². The standard InChI is InChI=1S/C47H42F18N4O8/c48-25-21-23(27(50)29(52)33(56)37(21)66-17(70)5-6-18(66)71)39(35(58)31(25)54)68-41(74)13-3-1-11(9-15(13)43(68)76)45(46(60,61)62,47(63,64)65)12-2-4-14-16(10-12)44(77)69(42(14)75)40-24-22(26(49)32(55)36(40)59)38(34(57)30(53)28(24)51)67-19(72)7-8-20(67)73/h5-8,11-16,21-40H,1-4,9-10H2. The Morgan fingerprint density at radius 2 is 0.545 bits per heavy atom. The maximum Gasteiger partial charge on any atom is 0.403 e. The van der Waals surface area contributed by atoms with Gasteiger partial charge in [0.25, 0.3) is 23.6 Å². The van der Waals surface area contributed by atoms with E-state index >= 15 is 79.0 Å². The minimum atomic E-state index is -6.47. The fourth-order valence-corrected chi connectivity index (χ4v) is 15.6. The molecule has 0 radical (unpaired) electrons. The zero-order chi connectivity index (χ0) is 56.5. The number of nitrogens with zero attached hydrogens (tertiary/aromatic N) is 4. The summed E-state index contributed by atoms with van der Waals surface area (Å²) in [7, 11) is 0. The number of carbonyl (C=O) groups is 8. The van der Waals surface area contributed by atoms with E-state index in [0.717, 1.165) is 0 Å². The van der Waals surface area contributed by atoms with Gasteiger partial charge in [-0.2, -0.15) is 26.3 Å². The first kappa shape index (κ1) is 55.1. The number of amides is 8. The Labute approximate surface area is 421 Å². The van der Waals surface area contributed by atoms with Crippen molar-refractivity contribution in [2.75, 3.05) is 0 Å². The first-order chi connectivity index (χ1) is 35.9. The third kappa shape index (κ3) is 7.40. The summed E-state index contributed by atoms with van der Waals surface area (Å²) >= 11 is 0. The molecule has 26 atom stereocenters. The Kier molecular flexibility index (Phi) is 13.2. The molecule has 0 N–H and O–H groups in total. The predicted octanol–water partition coefficient (Wildman–Crippen LogP) is 5.80. The van der Waals surface area contributed by atoms with Gasteiger partial charge >= 0.3 is 12.4 Å². The first-order valence-electron chi connectivity index (χ1n) is 24.5. The van der Waals surface area contributed by atoms with Crippen molar-refractivity contribution in [1.29, 1.82) is 0 Å². The molecule has 4 aliphatic heterocycles. The van der Waals surface area contributed by atoms with Crippen molar-refractivity contribution in [2.24, 2.45) is 64.6 Å². The maximum atomic E-state index is 16.2. The second kappa shape index (κ2) is 18.4. The van der Waals surface area contributed by atoms with Crippen molar-refractivity contribution >= 4 is 47.3 Å². The number of hydrogen-bond acceptors (Lipinski definition) is 8. The van der Waals surface area contributed by atoms with E-state index in [2.05, 4.69) is 0 Å². The number of imide groups is 4. The molecule has 0 aromatic carbocycles. The second-order valence-electron chi connectivity index (χ2n) is 21.8. The van der Waals surface area contributed by atoms with Crippen LogP contribution in [0.15, 0.2) is 24.3 Å². The average Bonchev–Trinajstić information content (AvgIpc) is 4.15. The molecule has 10 rings (SSSR count). The Balaban J connectivity index is 0.960. The van der Waals surface area contributed by atoms with E-state index in [-0.39, 0.29) is 19.6 Å². The lowest BCUT2D eigenvalue weighted by Crippen LogP contribution is -2.73. The summed E-state index contributed by atoms with van der Waals surface area (Å²) in [5.41, 5.74) is -5.06. The fraction of sp³-hybridized carbons (Fsp3) is 0.745. The summed E-state index contributed by atoms with van der Waals surface area (Å²) in [4.78, 5) is 106. The SMILES string of the molecule is O=C1C=CC(=O)N1C1C(F)C(F)C(F)C2C1C(F)C(F)C(F)C2N1C(=O)C2CCC(C(C3CCC4C(=O)N(C5C(F)C(F)C(F)C6C5C(F)C(F)C(F)C6N5C(=O)C=CC5=O)C(=O)C4C3)(C(F)(F)F)C(F)(F)F)CC2C1=O. The van der Waals surface area contributed by atoms with Gasteiger partial charge in [0.1, 0.15) is 24.7 Å². The van der Waals surface area contributed by atoms with Crippen molar-refractivity contribution in [3.05, 3.63) is 24.3 Å². The molecule has 424 valence electrons. The molecule has 77 heavy (non-hydrogen) atoms. The monoisotopic (exact) mass is 1130 g/mol. The molecule has 0 aromatic heterocycles. The number of halogens is 18. The van der Waals surface area contributed by atoms with Crippen LogP contribution in [0, 0.1) is 64.6 Å². The molecular formula is C47H42F18N4O8. The van der Waals surface area contributed by atoms with Crippen molar-refractivity contribution in [1.82, 2.24) is 19.6 Å². The van der Waals surface area contributed by atoms with Crippen LogP contribution in [0.1, 0.15) is 38.5 Å². The van der Waals surface area contributed by atoms with Crippen LogP contribution in [0.3, 0.4) is 0 Å². The van der Waals surface area contributed by atoms with Gasteiger partial charge in [-0.1, -0.05) is 0 Å². The summed E-state index contributed by atoms with van der Waals surface area (Å²) < 4.78 is 286. The third-order valence-electron chi connectivity index (χ3n) is 18.7. The molecule has 0 spiro atoms. The van der Waals surface area contributed by atoms with Gasteiger partial charge in [-0.25, -0.2) is 52.7 Å². The molecule has 6 aliphatic carbocycles. The Bertz CT molecular complexity index is 2400. The smallest absolute Gasteiger partial charge is 0.276 e. The van der Waals surface area contributed by atoms with E-state index in [4.69, 9.17) is 0 Å². The lowest BCUT2D eigenvalue weighted by molar-refractivity contribution is -0.383. The zero-order valence-corrected chi connectivity index (χ0v) is 38.9. The molecular weight excluding hydrogens is 1090 g/mol. The fourth-order valence-electron chi connectivity index (χ4n) is 15.6. The van der Waals surface area contributed by atoms with Crippen LogP contribution in [-0.2, 0) is 38.4 Å². The Morgan fingerprint density at radius 3 is 0.792 bits per heavy atom. The highest BCUT2D eigenvalue weighted by molar-refractivity contribution is 6.14. The third-order valence-corrected chi connectivity index (χ3v) is 18.7. The van der Waals surface area contributed by atoms with Gasteiger partial charge in [-0.05, 0) is 50.4 Å². The van der Waals surface area contributed by atoms with Crippen molar-refractivity contribution in [3.63, 3.8) is 0 Å². The summed E-state index contributed by atoms with van der Waals surface area (Å²) in [6, 6.07) is -11.5. The van der Waals surface area contributed by atoms with Crippen LogP contribution >= 0.6 is 0 Å². The molecule has 10 aliphatic rings. The van der Waals surface area contributed by atoms with Crippen LogP contribution in [0.25, 0.3) is 0 Å². The molecule has 8 amide bonds. The van der Waals surface area contributed by atoms with Gasteiger partial charge in [0.05, 0.1) is 47.8 Å². The highest BCUT2D eigenvalue weighted by atomic mass is 19.4. The van der Waals surface area contributed by atoms with E-state index in [9.17, 15) is 38.4 Å². The molecule has 30 heteroatoms. The zero-order valence-electron chi connectivity index (χ0n) is 38.9. The van der Waals surface area contributed by atoms with Gasteiger partial charge in [0, 0.05) is 48.0 Å². The van der Waals surface area contributed by atoms with Crippen LogP contribution in [0.4, 0.5) is 79.0 Å². The number of carbonyl (C=O) groups excluding carboxylic acids is 8. The molecule has 0 aromatic rings. The lowest BCUT2D eigenvalue weighted by Gasteiger charge is -2.54. The Morgan fingerprint density at radius 1 is 0.312 bits per heavy atom. The van der Waals surface area contributed by atoms with Gasteiger partial charge < -0.3 is 0 Å². The molecule has 8 fully saturated rings. The van der Waals surface area contributed by atoms with E-state index in [1.807, 2.05) is 0 Å². The molecule has 26 unspecified atom stereocenters. The van der Waals surface area contributed by atoms with E-state index in [1.54, 1.807) is 0 Å². The summed E-state index contributed by atoms with van der Waals surface area (Å²) in [5, 5.41) is 0. The van der Waals surface area contributed by atoms with Crippen molar-refractivity contribution < 1.29 is 117 Å². The second-order valence-corrected chi connectivity index (χ2v) is 21.8. The quantitative estimate of drug-likeness (QED) is 0.240. The van der Waals surface area contributed by atoms with Gasteiger partial charge in [0.2, 0.25) is 23.6 Å². The largest absolute Gasteiger partial charge is 0.403 e. The lowest BCUT2D eigenvalue weighted by atomic mass is 9.54. The number of hydrogen-bond donors (Lipinski definition) is 0. The van der Waals surface area contributed by atoms with Gasteiger partial charge in [-0.15, -0.1) is 0 Å². The van der Waals surface area contributed by atoms with E-state index in [0.29, 0.717) is 24.3 Å². The minimum absolute atomic E-state index is 0.111. The highest BCUT2D eigenvalue weighted by Crippen LogP contribution is 2.68. The topological polar surface area (TPSA) is 150 Å². The normalized spacial score (nSPS) is 47.6. The Hall–Kier alpha value is -5.22. The van der Waals surface area contributed by atoms with Crippen LogP contribution in [0.2, 0.25) is 0 Å². The van der Waals surface area contributed by atoms with Crippen molar-refractivity contribution in [2.45, 2.75) is 149 Å². The maximum absolute atomic E-state index is 16.2. The average molecular weight is 1130 g/mol. The summed E-state index contributed by atoms with van der Waals surface area (Å²) in [6.07, 6.45) is -60.5. The first-order valence-corrected chi connectivity index (χ1v) is 24.5. The highest BCUT2D eigenvalue weighted by Gasteiger charge is 2.79. The predicted molar refractivity (Wildman–Crippen MR) is 217 cm³/mol. The molecule has 6 saturated carbocycles. The van der Waals surface area contributed by atoms with Crippen LogP contribution in [-0.4, -0.2) is 177 Å². The number of rotatable bonds is 6. The van der Waals surface area contributed by atoms with Crippen LogP contribution in [0.5, 0.6) is 0 Å². The molecule has 12 nitrogen and oxygen atoms in total. The number of fused-ring (bicyclic) bond motifs is 4. The minimum Gasteiger partial charge on any atom is -0.276 e. The van der Waals surface area contributed by atoms with Gasteiger partial charge in [0.15, 0.2) is 54.8 Å². The molecule has 2 saturated heterocycles. The van der Waals surface area contributed by atoms with E-state index in [1.165, 1.54) is 0 Å². The van der Waals surface area contributed by atoms with E-state index < -0.39 is 261 Å². The summed E-state index contributed by atoms with van der Waals surface area (Å²) in [5.74, 6) is -38.5. The number of likely N-dealkylation sites (tertiary alicyclic amines) is 2.